The van der Waals surface area contributed by atoms with Crippen LogP contribution in [-0.4, -0.2) is 44.5 Å². The molecule has 104 valence electrons. The van der Waals surface area contributed by atoms with Gasteiger partial charge in [-0.05, 0) is 45.3 Å². The highest BCUT2D eigenvalue weighted by Crippen LogP contribution is 2.22. The Morgan fingerprint density at radius 3 is 2.44 bits per heavy atom. The van der Waals surface area contributed by atoms with E-state index in [0.29, 0.717) is 0 Å². The summed E-state index contributed by atoms with van der Waals surface area (Å²) in [6.45, 7) is 10.4. The predicted octanol–water partition coefficient (Wildman–Crippen LogP) is 1.83. The lowest BCUT2D eigenvalue weighted by Crippen LogP contribution is -2.52. The minimum Gasteiger partial charge on any atom is -0.391 e. The molecule has 0 aliphatic rings. The van der Waals surface area contributed by atoms with Crippen molar-refractivity contribution in [3.8, 4) is 0 Å². The van der Waals surface area contributed by atoms with Crippen molar-refractivity contribution in [3.05, 3.63) is 18.0 Å². The van der Waals surface area contributed by atoms with E-state index >= 15 is 0 Å². The molecule has 0 amide bonds. The molecule has 1 aromatic heterocycles. The van der Waals surface area contributed by atoms with E-state index < -0.39 is 0 Å². The van der Waals surface area contributed by atoms with Crippen molar-refractivity contribution in [3.63, 3.8) is 0 Å². The lowest BCUT2D eigenvalue weighted by atomic mass is 9.90. The van der Waals surface area contributed by atoms with Gasteiger partial charge in [-0.15, -0.1) is 0 Å². The smallest absolute Gasteiger partial charge is 0.0721 e. The number of aliphatic hydroxyl groups excluding tert-OH is 1. The zero-order valence-electron chi connectivity index (χ0n) is 12.3. The van der Waals surface area contributed by atoms with Crippen LogP contribution >= 0.6 is 0 Å². The fraction of sp³-hybridized carbons (Fsp3) is 0.786. The van der Waals surface area contributed by atoms with Crippen LogP contribution < -0.4 is 0 Å². The van der Waals surface area contributed by atoms with E-state index in [-0.39, 0.29) is 11.6 Å². The quantitative estimate of drug-likeness (QED) is 0.806. The van der Waals surface area contributed by atoms with E-state index in [1.165, 1.54) is 5.56 Å². The highest BCUT2D eigenvalue weighted by molar-refractivity contribution is 5.04. The Labute approximate surface area is 111 Å². The van der Waals surface area contributed by atoms with Gasteiger partial charge in [-0.2, -0.15) is 5.10 Å². The van der Waals surface area contributed by atoms with E-state index in [2.05, 4.69) is 37.7 Å². The van der Waals surface area contributed by atoms with Crippen LogP contribution in [0.15, 0.2) is 12.4 Å². The number of hydrogen-bond donors (Lipinski definition) is 1. The van der Waals surface area contributed by atoms with Crippen molar-refractivity contribution >= 4 is 0 Å². The molecule has 0 fully saturated rings. The molecule has 18 heavy (non-hydrogen) atoms. The molecule has 1 heterocycles. The summed E-state index contributed by atoms with van der Waals surface area (Å²) in [5, 5.41) is 14.6. The normalized spacial score (nSPS) is 14.2. The molecule has 4 heteroatoms. The monoisotopic (exact) mass is 253 g/mol. The molecule has 0 radical (unpaired) electrons. The second-order valence-electron chi connectivity index (χ2n) is 5.40. The lowest BCUT2D eigenvalue weighted by molar-refractivity contribution is -0.00887. The SMILES string of the molecule is CCN(CC)C(C)(C)C(O)CCc1cnn(C)c1. The first kappa shape index (κ1) is 15.2. The molecule has 0 saturated carbocycles. The number of rotatable bonds is 7. The zero-order chi connectivity index (χ0) is 13.8. The topological polar surface area (TPSA) is 41.3 Å². The largest absolute Gasteiger partial charge is 0.391 e. The second kappa shape index (κ2) is 6.34. The standard InChI is InChI=1S/C14H27N3O/c1-6-17(7-2)14(3,4)13(18)9-8-12-10-15-16(5)11-12/h10-11,13,18H,6-9H2,1-5H3. The van der Waals surface area contributed by atoms with Crippen LogP contribution in [-0.2, 0) is 13.5 Å². The molecule has 1 atom stereocenters. The molecule has 0 aliphatic carbocycles. The summed E-state index contributed by atoms with van der Waals surface area (Å²) in [5.74, 6) is 0. The van der Waals surface area contributed by atoms with Gasteiger partial charge in [0.1, 0.15) is 0 Å². The van der Waals surface area contributed by atoms with Crippen LogP contribution in [0.5, 0.6) is 0 Å². The van der Waals surface area contributed by atoms with E-state index in [0.717, 1.165) is 25.9 Å². The highest BCUT2D eigenvalue weighted by atomic mass is 16.3. The van der Waals surface area contributed by atoms with Crippen molar-refractivity contribution in [2.75, 3.05) is 13.1 Å². The number of aromatic nitrogens is 2. The zero-order valence-corrected chi connectivity index (χ0v) is 12.3. The molecule has 1 aromatic rings. The molecule has 0 saturated heterocycles. The fourth-order valence-electron chi connectivity index (χ4n) is 2.51. The van der Waals surface area contributed by atoms with Crippen molar-refractivity contribution < 1.29 is 5.11 Å². The Bertz CT molecular complexity index is 356. The third-order valence-corrected chi connectivity index (χ3v) is 3.86. The summed E-state index contributed by atoms with van der Waals surface area (Å²) in [4.78, 5) is 2.31. The first-order chi connectivity index (χ1) is 8.41. The van der Waals surface area contributed by atoms with Crippen LogP contribution in [0.4, 0.5) is 0 Å². The Morgan fingerprint density at radius 2 is 2.00 bits per heavy atom. The van der Waals surface area contributed by atoms with Crippen LogP contribution in [0.2, 0.25) is 0 Å². The Hall–Kier alpha value is -0.870. The maximum atomic E-state index is 10.4. The second-order valence-corrected chi connectivity index (χ2v) is 5.40. The van der Waals surface area contributed by atoms with Gasteiger partial charge < -0.3 is 5.11 Å². The average molecular weight is 253 g/mol. The summed E-state index contributed by atoms with van der Waals surface area (Å²) in [7, 11) is 1.92. The van der Waals surface area contributed by atoms with E-state index in [4.69, 9.17) is 0 Å². The van der Waals surface area contributed by atoms with Gasteiger partial charge in [-0.25, -0.2) is 0 Å². The first-order valence-electron chi connectivity index (χ1n) is 6.82. The molecular weight excluding hydrogens is 226 g/mol. The summed E-state index contributed by atoms with van der Waals surface area (Å²) in [5.41, 5.74) is 1.01. The Kier molecular flexibility index (Phi) is 5.35. The number of aliphatic hydroxyl groups is 1. The minimum absolute atomic E-state index is 0.175. The van der Waals surface area contributed by atoms with Crippen molar-refractivity contribution in [2.24, 2.45) is 7.05 Å². The molecule has 4 nitrogen and oxygen atoms in total. The number of hydrogen-bond acceptors (Lipinski definition) is 3. The van der Waals surface area contributed by atoms with Crippen LogP contribution in [0, 0.1) is 0 Å². The number of nitrogens with zero attached hydrogens (tertiary/aromatic N) is 3. The summed E-state index contributed by atoms with van der Waals surface area (Å²) >= 11 is 0. The Morgan fingerprint density at radius 1 is 1.39 bits per heavy atom. The van der Waals surface area contributed by atoms with Gasteiger partial charge in [-0.3, -0.25) is 9.58 Å². The average Bonchev–Trinajstić information content (AvgIpc) is 2.73. The minimum atomic E-state index is -0.322. The van der Waals surface area contributed by atoms with Gasteiger partial charge in [0.05, 0.1) is 12.3 Å². The van der Waals surface area contributed by atoms with Gasteiger partial charge >= 0.3 is 0 Å². The molecule has 0 aromatic carbocycles. The van der Waals surface area contributed by atoms with Gasteiger partial charge in [0, 0.05) is 18.8 Å². The predicted molar refractivity (Wildman–Crippen MR) is 74.5 cm³/mol. The molecular formula is C14H27N3O. The number of likely N-dealkylation sites (N-methyl/N-ethyl adjacent to an activating group) is 1. The summed E-state index contributed by atoms with van der Waals surface area (Å²) in [6.07, 6.45) is 5.21. The van der Waals surface area contributed by atoms with Crippen molar-refractivity contribution in [1.29, 1.82) is 0 Å². The number of aryl methyl sites for hydroxylation is 2. The molecule has 0 bridgehead atoms. The van der Waals surface area contributed by atoms with Crippen molar-refractivity contribution in [1.82, 2.24) is 14.7 Å². The van der Waals surface area contributed by atoms with Crippen LogP contribution in [0.3, 0.4) is 0 Å². The third kappa shape index (κ3) is 3.56. The van der Waals surface area contributed by atoms with Gasteiger partial charge in [0.25, 0.3) is 0 Å². The van der Waals surface area contributed by atoms with Crippen LogP contribution in [0.1, 0.15) is 39.7 Å². The van der Waals surface area contributed by atoms with Gasteiger partial charge in [-0.1, -0.05) is 13.8 Å². The van der Waals surface area contributed by atoms with E-state index in [1.54, 1.807) is 4.68 Å². The summed E-state index contributed by atoms with van der Waals surface area (Å²) in [6, 6.07) is 0. The van der Waals surface area contributed by atoms with Gasteiger partial charge in [0.15, 0.2) is 0 Å². The first-order valence-corrected chi connectivity index (χ1v) is 6.82. The summed E-state index contributed by atoms with van der Waals surface area (Å²) < 4.78 is 1.80. The third-order valence-electron chi connectivity index (χ3n) is 3.86. The van der Waals surface area contributed by atoms with Crippen LogP contribution in [0.25, 0.3) is 0 Å². The highest BCUT2D eigenvalue weighted by Gasteiger charge is 2.32. The maximum Gasteiger partial charge on any atom is 0.0721 e. The molecule has 1 unspecified atom stereocenters. The molecule has 1 rings (SSSR count). The molecule has 1 N–H and O–H groups in total. The molecule has 0 spiro atoms. The van der Waals surface area contributed by atoms with E-state index in [1.807, 2.05) is 19.4 Å². The van der Waals surface area contributed by atoms with E-state index in [9.17, 15) is 5.11 Å². The van der Waals surface area contributed by atoms with Crippen molar-refractivity contribution in [2.45, 2.75) is 52.2 Å². The maximum absolute atomic E-state index is 10.4. The fourth-order valence-corrected chi connectivity index (χ4v) is 2.51. The molecule has 0 aliphatic heterocycles. The lowest BCUT2D eigenvalue weighted by Gasteiger charge is -2.41. The Balaban J connectivity index is 2.55. The van der Waals surface area contributed by atoms with Gasteiger partial charge in [0.2, 0.25) is 0 Å².